The average molecular weight is 539 g/mol. The summed E-state index contributed by atoms with van der Waals surface area (Å²) in [7, 11) is 0. The fourth-order valence-corrected chi connectivity index (χ4v) is 4.60. The zero-order valence-corrected chi connectivity index (χ0v) is 21.7. The van der Waals surface area contributed by atoms with Crippen molar-refractivity contribution in [2.45, 2.75) is 12.1 Å². The number of para-hydroxylation sites is 1. The number of nitrogens with zero attached hydrogens (tertiary/aromatic N) is 4. The molecule has 3 aromatic carbocycles. The van der Waals surface area contributed by atoms with Gasteiger partial charge in [0.15, 0.2) is 11.0 Å². The third-order valence-corrected chi connectivity index (χ3v) is 6.70. The van der Waals surface area contributed by atoms with Gasteiger partial charge in [-0.3, -0.25) is 19.1 Å². The number of amides is 2. The first-order chi connectivity index (χ1) is 19.0. The van der Waals surface area contributed by atoms with Crippen LogP contribution in [0.3, 0.4) is 0 Å². The lowest BCUT2D eigenvalue weighted by molar-refractivity contribution is -0.113. The number of thioether (sulfide) groups is 1. The molecule has 2 heterocycles. The normalized spacial score (nSPS) is 10.7. The molecule has 0 aliphatic rings. The molecule has 0 saturated carbocycles. The maximum Gasteiger partial charge on any atom is 0.255 e. The van der Waals surface area contributed by atoms with Gasteiger partial charge in [0.2, 0.25) is 5.91 Å². The molecule has 5 aromatic rings. The largest absolute Gasteiger partial charge is 0.325 e. The van der Waals surface area contributed by atoms with Crippen molar-refractivity contribution in [2.24, 2.45) is 0 Å². The van der Waals surface area contributed by atoms with Crippen molar-refractivity contribution in [3.05, 3.63) is 114 Å². The highest BCUT2D eigenvalue weighted by Gasteiger charge is 2.18. The van der Waals surface area contributed by atoms with Gasteiger partial charge in [0, 0.05) is 40.6 Å². The number of rotatable bonds is 8. The van der Waals surface area contributed by atoms with E-state index in [9.17, 15) is 14.0 Å². The fraction of sp³-hybridized carbons (Fsp3) is 0.0690. The molecule has 0 saturated heterocycles. The van der Waals surface area contributed by atoms with Gasteiger partial charge in [0.25, 0.3) is 5.91 Å². The second kappa shape index (κ2) is 11.7. The number of benzene rings is 3. The average Bonchev–Trinajstić information content (AvgIpc) is 3.39. The van der Waals surface area contributed by atoms with E-state index in [0.29, 0.717) is 22.4 Å². The summed E-state index contributed by atoms with van der Waals surface area (Å²) in [5, 5.41) is 14.9. The van der Waals surface area contributed by atoms with Gasteiger partial charge in [0.05, 0.1) is 5.75 Å². The van der Waals surface area contributed by atoms with Crippen LogP contribution < -0.4 is 10.6 Å². The Hall–Kier alpha value is -4.83. The van der Waals surface area contributed by atoms with Gasteiger partial charge in [-0.05, 0) is 67.1 Å². The molecule has 2 N–H and O–H groups in total. The van der Waals surface area contributed by atoms with Crippen LogP contribution in [0.5, 0.6) is 0 Å². The first kappa shape index (κ1) is 25.8. The predicted octanol–water partition coefficient (Wildman–Crippen LogP) is 5.76. The van der Waals surface area contributed by atoms with Crippen LogP contribution in [0.2, 0.25) is 0 Å². The van der Waals surface area contributed by atoms with Gasteiger partial charge >= 0.3 is 0 Å². The lowest BCUT2D eigenvalue weighted by atomic mass is 10.1. The third-order valence-electron chi connectivity index (χ3n) is 5.77. The number of pyridine rings is 1. The summed E-state index contributed by atoms with van der Waals surface area (Å²) in [6, 6.07) is 24.0. The summed E-state index contributed by atoms with van der Waals surface area (Å²) >= 11 is 1.26. The number of nitrogens with one attached hydrogen (secondary N) is 2. The van der Waals surface area contributed by atoms with E-state index in [-0.39, 0.29) is 17.2 Å². The highest BCUT2D eigenvalue weighted by atomic mass is 32.2. The molecule has 194 valence electrons. The van der Waals surface area contributed by atoms with Gasteiger partial charge in [-0.25, -0.2) is 4.39 Å². The van der Waals surface area contributed by atoms with E-state index in [1.807, 2.05) is 54.0 Å². The number of anilines is 2. The van der Waals surface area contributed by atoms with Crippen LogP contribution in [0.25, 0.3) is 17.1 Å². The number of carbonyl (C=O) groups is 2. The first-order valence-corrected chi connectivity index (χ1v) is 13.0. The molecule has 10 heteroatoms. The van der Waals surface area contributed by atoms with Gasteiger partial charge < -0.3 is 10.6 Å². The van der Waals surface area contributed by atoms with Crippen molar-refractivity contribution in [1.29, 1.82) is 0 Å². The van der Waals surface area contributed by atoms with E-state index in [0.717, 1.165) is 22.9 Å². The molecule has 5 rings (SSSR count). The SMILES string of the molecule is Cc1ccc(NC(=O)c2cccc(F)c2)cc1NC(=O)CSc1nnc(-c2ccncc2)n1-c1ccccc1. The second-order valence-corrected chi connectivity index (χ2v) is 9.49. The molecule has 0 aliphatic heterocycles. The highest BCUT2D eigenvalue weighted by Crippen LogP contribution is 2.28. The minimum Gasteiger partial charge on any atom is -0.325 e. The Morgan fingerprint density at radius 3 is 2.46 bits per heavy atom. The number of aromatic nitrogens is 4. The highest BCUT2D eigenvalue weighted by molar-refractivity contribution is 7.99. The van der Waals surface area contributed by atoms with Crippen molar-refractivity contribution >= 4 is 35.0 Å². The molecular formula is C29H23FN6O2S. The van der Waals surface area contributed by atoms with E-state index in [1.54, 1.807) is 30.6 Å². The van der Waals surface area contributed by atoms with Gasteiger partial charge in [0.1, 0.15) is 5.82 Å². The summed E-state index contributed by atoms with van der Waals surface area (Å²) in [5.74, 6) is -0.459. The van der Waals surface area contributed by atoms with Crippen LogP contribution in [0.1, 0.15) is 15.9 Å². The lowest BCUT2D eigenvalue weighted by Gasteiger charge is -2.12. The summed E-state index contributed by atoms with van der Waals surface area (Å²) in [6.07, 6.45) is 3.38. The Morgan fingerprint density at radius 1 is 0.897 bits per heavy atom. The van der Waals surface area contributed by atoms with Crippen LogP contribution in [0.15, 0.2) is 102 Å². The predicted molar refractivity (Wildman–Crippen MR) is 149 cm³/mol. The zero-order chi connectivity index (χ0) is 27.2. The Labute approximate surface area is 228 Å². The van der Waals surface area contributed by atoms with Crippen molar-refractivity contribution in [2.75, 3.05) is 16.4 Å². The number of carbonyl (C=O) groups excluding carboxylic acids is 2. The number of hydrogen-bond donors (Lipinski definition) is 2. The summed E-state index contributed by atoms with van der Waals surface area (Å²) in [4.78, 5) is 29.5. The number of halogens is 1. The van der Waals surface area contributed by atoms with E-state index >= 15 is 0 Å². The van der Waals surface area contributed by atoms with E-state index in [2.05, 4.69) is 25.8 Å². The standard InChI is InChI=1S/C29H23FN6O2S/c1-19-10-11-23(32-28(38)21-6-5-7-22(30)16-21)17-25(19)33-26(37)18-39-29-35-34-27(20-12-14-31-15-13-20)36(29)24-8-3-2-4-9-24/h2-17H,18H2,1H3,(H,32,38)(H,33,37). The Morgan fingerprint density at radius 2 is 1.69 bits per heavy atom. The van der Waals surface area contributed by atoms with Crippen LogP contribution in [-0.4, -0.2) is 37.3 Å². The molecule has 0 bridgehead atoms. The molecule has 0 radical (unpaired) electrons. The molecule has 0 atom stereocenters. The molecule has 0 spiro atoms. The zero-order valence-electron chi connectivity index (χ0n) is 20.8. The summed E-state index contributed by atoms with van der Waals surface area (Å²) < 4.78 is 15.4. The van der Waals surface area contributed by atoms with Crippen LogP contribution in [0, 0.1) is 12.7 Å². The fourth-order valence-electron chi connectivity index (χ4n) is 3.84. The van der Waals surface area contributed by atoms with Crippen LogP contribution in [0.4, 0.5) is 15.8 Å². The van der Waals surface area contributed by atoms with E-state index < -0.39 is 11.7 Å². The molecular weight excluding hydrogens is 515 g/mol. The van der Waals surface area contributed by atoms with Crippen LogP contribution in [-0.2, 0) is 4.79 Å². The van der Waals surface area contributed by atoms with E-state index in [4.69, 9.17) is 0 Å². The molecule has 2 amide bonds. The van der Waals surface area contributed by atoms with Gasteiger partial charge in [-0.1, -0.05) is 42.1 Å². The molecule has 0 fully saturated rings. The minimum absolute atomic E-state index is 0.0840. The second-order valence-electron chi connectivity index (χ2n) is 8.54. The van der Waals surface area contributed by atoms with Crippen molar-refractivity contribution in [1.82, 2.24) is 19.7 Å². The Kier molecular flexibility index (Phi) is 7.74. The molecule has 8 nitrogen and oxygen atoms in total. The Balaban J connectivity index is 1.30. The smallest absolute Gasteiger partial charge is 0.255 e. The van der Waals surface area contributed by atoms with Crippen molar-refractivity contribution < 1.29 is 14.0 Å². The molecule has 39 heavy (non-hydrogen) atoms. The van der Waals surface area contributed by atoms with E-state index in [1.165, 1.54) is 30.0 Å². The summed E-state index contributed by atoms with van der Waals surface area (Å²) in [6.45, 7) is 1.86. The number of hydrogen-bond acceptors (Lipinski definition) is 6. The number of aryl methyl sites for hydroxylation is 1. The van der Waals surface area contributed by atoms with Gasteiger partial charge in [-0.15, -0.1) is 10.2 Å². The van der Waals surface area contributed by atoms with Gasteiger partial charge in [-0.2, -0.15) is 0 Å². The summed E-state index contributed by atoms with van der Waals surface area (Å²) in [5.41, 5.74) is 3.78. The van der Waals surface area contributed by atoms with Crippen LogP contribution >= 0.6 is 11.8 Å². The maximum atomic E-state index is 13.5. The first-order valence-electron chi connectivity index (χ1n) is 12.0. The quantitative estimate of drug-likeness (QED) is 0.244. The maximum absolute atomic E-state index is 13.5. The molecule has 0 aliphatic carbocycles. The lowest BCUT2D eigenvalue weighted by Crippen LogP contribution is -2.16. The molecule has 0 unspecified atom stereocenters. The topological polar surface area (TPSA) is 102 Å². The Bertz CT molecular complexity index is 1630. The third kappa shape index (κ3) is 6.19. The van der Waals surface area contributed by atoms with Crippen molar-refractivity contribution in [3.63, 3.8) is 0 Å². The minimum atomic E-state index is -0.493. The van der Waals surface area contributed by atoms with Crippen molar-refractivity contribution in [3.8, 4) is 17.1 Å². The molecule has 2 aromatic heterocycles. The monoisotopic (exact) mass is 538 g/mol.